The third-order valence-corrected chi connectivity index (χ3v) is 5.38. The van der Waals surface area contributed by atoms with Crippen LogP contribution in [-0.2, 0) is 6.42 Å². The molecule has 0 atom stereocenters. The Morgan fingerprint density at radius 2 is 1.34 bits per heavy atom. The summed E-state index contributed by atoms with van der Waals surface area (Å²) in [6, 6.07) is 30.9. The van der Waals surface area contributed by atoms with Crippen LogP contribution in [-0.4, -0.2) is 15.7 Å². The minimum absolute atomic E-state index is 0.476. The van der Waals surface area contributed by atoms with E-state index in [9.17, 15) is 0 Å². The molecule has 0 fully saturated rings. The topological polar surface area (TPSA) is 50.2 Å². The highest BCUT2D eigenvalue weighted by Crippen LogP contribution is 2.25. The van der Waals surface area contributed by atoms with Crippen LogP contribution in [0.25, 0.3) is 22.5 Å². The van der Waals surface area contributed by atoms with Crippen molar-refractivity contribution < 1.29 is 0 Å². The number of benzene rings is 3. The number of anilines is 1. The van der Waals surface area contributed by atoms with Gasteiger partial charge >= 0.3 is 0 Å². The molecule has 0 radical (unpaired) electrons. The third kappa shape index (κ3) is 5.46. The predicted molar refractivity (Wildman–Crippen MR) is 134 cm³/mol. The zero-order valence-corrected chi connectivity index (χ0v) is 18.6. The van der Waals surface area contributed by atoms with Gasteiger partial charge in [0.1, 0.15) is 0 Å². The quantitative estimate of drug-likeness (QED) is 0.247. The summed E-state index contributed by atoms with van der Waals surface area (Å²) >= 11 is 0. The van der Waals surface area contributed by atoms with Crippen LogP contribution in [0.3, 0.4) is 0 Å². The fourth-order valence-electron chi connectivity index (χ4n) is 3.50. The molecular weight excluding hydrogens is 392 g/mol. The molecule has 4 rings (SSSR count). The van der Waals surface area contributed by atoms with Crippen molar-refractivity contribution in [2.24, 2.45) is 5.10 Å². The van der Waals surface area contributed by atoms with Crippen molar-refractivity contribution in [1.29, 1.82) is 0 Å². The molecule has 0 saturated heterocycles. The Balaban J connectivity index is 1.61. The van der Waals surface area contributed by atoms with Crippen LogP contribution in [0.5, 0.6) is 0 Å². The second-order valence-electron chi connectivity index (χ2n) is 7.80. The first-order valence-corrected chi connectivity index (χ1v) is 11.1. The van der Waals surface area contributed by atoms with Gasteiger partial charge in [-0.15, -0.1) is 0 Å². The van der Waals surface area contributed by atoms with Crippen molar-refractivity contribution in [3.63, 3.8) is 0 Å². The highest BCUT2D eigenvalue weighted by Gasteiger charge is 2.08. The number of hydrazone groups is 1. The predicted octanol–water partition coefficient (Wildman–Crippen LogP) is 6.99. The first-order chi connectivity index (χ1) is 15.7. The first kappa shape index (κ1) is 21.4. The van der Waals surface area contributed by atoms with Crippen LogP contribution in [0.4, 0.5) is 5.95 Å². The van der Waals surface area contributed by atoms with Crippen molar-refractivity contribution in [1.82, 2.24) is 9.97 Å². The van der Waals surface area contributed by atoms with Crippen LogP contribution in [0.15, 0.2) is 96.1 Å². The summed E-state index contributed by atoms with van der Waals surface area (Å²) in [4.78, 5) is 9.43. The van der Waals surface area contributed by atoms with E-state index in [4.69, 9.17) is 9.97 Å². The van der Waals surface area contributed by atoms with Crippen molar-refractivity contribution in [3.05, 3.63) is 102 Å². The molecule has 0 aliphatic rings. The van der Waals surface area contributed by atoms with Crippen molar-refractivity contribution in [3.8, 4) is 22.5 Å². The number of nitrogens with one attached hydrogen (secondary N) is 1. The fourth-order valence-corrected chi connectivity index (χ4v) is 3.50. The Labute approximate surface area is 190 Å². The molecule has 1 aromatic heterocycles. The first-order valence-electron chi connectivity index (χ1n) is 11.1. The van der Waals surface area contributed by atoms with Crippen molar-refractivity contribution in [2.45, 2.75) is 33.1 Å². The Morgan fingerprint density at radius 3 is 1.88 bits per heavy atom. The van der Waals surface area contributed by atoms with E-state index in [-0.39, 0.29) is 0 Å². The molecule has 4 aromatic rings. The second-order valence-corrected chi connectivity index (χ2v) is 7.80. The maximum Gasteiger partial charge on any atom is 0.244 e. The summed E-state index contributed by atoms with van der Waals surface area (Å²) in [5.41, 5.74) is 10.2. The number of hydrogen-bond donors (Lipinski definition) is 1. The summed E-state index contributed by atoms with van der Waals surface area (Å²) in [5, 5.41) is 4.57. The zero-order chi connectivity index (χ0) is 22.2. The Hall–Kier alpha value is -3.79. The van der Waals surface area contributed by atoms with Crippen LogP contribution in [0.1, 0.15) is 37.8 Å². The van der Waals surface area contributed by atoms with E-state index >= 15 is 0 Å². The maximum atomic E-state index is 4.71. The smallest absolute Gasteiger partial charge is 0.244 e. The summed E-state index contributed by atoms with van der Waals surface area (Å²) in [7, 11) is 0. The van der Waals surface area contributed by atoms with E-state index in [1.165, 1.54) is 18.4 Å². The van der Waals surface area contributed by atoms with E-state index in [1.807, 2.05) is 49.4 Å². The summed E-state index contributed by atoms with van der Waals surface area (Å²) in [6.07, 6.45) is 3.54. The molecule has 0 bridgehead atoms. The molecule has 1 heterocycles. The molecule has 1 N–H and O–H groups in total. The Morgan fingerprint density at radius 1 is 0.781 bits per heavy atom. The lowest BCUT2D eigenvalue weighted by atomic mass is 10.0. The van der Waals surface area contributed by atoms with E-state index in [0.29, 0.717) is 5.95 Å². The molecule has 4 heteroatoms. The van der Waals surface area contributed by atoms with Crippen LogP contribution >= 0.6 is 0 Å². The zero-order valence-electron chi connectivity index (χ0n) is 18.6. The minimum atomic E-state index is 0.476. The van der Waals surface area contributed by atoms with Gasteiger partial charge in [-0.25, -0.2) is 15.4 Å². The van der Waals surface area contributed by atoms with Gasteiger partial charge < -0.3 is 0 Å². The lowest BCUT2D eigenvalue weighted by Gasteiger charge is -2.09. The highest BCUT2D eigenvalue weighted by molar-refractivity contribution is 5.99. The van der Waals surface area contributed by atoms with E-state index < -0.39 is 0 Å². The van der Waals surface area contributed by atoms with Gasteiger partial charge in [0.05, 0.1) is 17.1 Å². The summed E-state index contributed by atoms with van der Waals surface area (Å²) < 4.78 is 0. The number of nitrogens with zero attached hydrogens (tertiary/aromatic N) is 3. The van der Waals surface area contributed by atoms with Gasteiger partial charge in [-0.05, 0) is 37.0 Å². The fraction of sp³-hybridized carbons (Fsp3) is 0.179. The highest BCUT2D eigenvalue weighted by atomic mass is 15.4. The molecule has 160 valence electrons. The average Bonchev–Trinajstić information content (AvgIpc) is 2.87. The minimum Gasteiger partial charge on any atom is -0.245 e. The van der Waals surface area contributed by atoms with Crippen LogP contribution in [0.2, 0.25) is 0 Å². The molecular formula is C28H28N4. The number of unbranched alkanes of at least 4 members (excludes halogenated alkanes) is 1. The monoisotopic (exact) mass is 420 g/mol. The van der Waals surface area contributed by atoms with Gasteiger partial charge in [0.15, 0.2) is 0 Å². The molecule has 3 aromatic carbocycles. The average molecular weight is 421 g/mol. The second kappa shape index (κ2) is 10.5. The standard InChI is InChI=1S/C28H28N4/c1-3-4-11-22-16-18-23(19-17-22)21(2)31-32-28-29-26(24-12-7-5-8-13-24)20-27(30-28)25-14-9-6-10-15-25/h5-10,12-20H,3-4,11H2,1-2H3,(H,29,30,32). The number of rotatable bonds is 8. The van der Waals surface area contributed by atoms with E-state index in [1.54, 1.807) is 0 Å². The van der Waals surface area contributed by atoms with Crippen molar-refractivity contribution >= 4 is 11.7 Å². The normalized spacial score (nSPS) is 11.4. The molecule has 0 unspecified atom stereocenters. The Kier molecular flexibility index (Phi) is 7.03. The van der Waals surface area contributed by atoms with Gasteiger partial charge in [0.2, 0.25) is 5.95 Å². The van der Waals surface area contributed by atoms with E-state index in [2.05, 4.69) is 66.0 Å². The molecule has 0 amide bonds. The molecule has 4 nitrogen and oxygen atoms in total. The number of aromatic nitrogens is 2. The Bertz CT molecular complexity index is 1110. The van der Waals surface area contributed by atoms with E-state index in [0.717, 1.165) is 40.2 Å². The van der Waals surface area contributed by atoms with Gasteiger partial charge in [-0.3, -0.25) is 0 Å². The lowest BCUT2D eigenvalue weighted by molar-refractivity contribution is 0.795. The maximum absolute atomic E-state index is 4.71. The largest absolute Gasteiger partial charge is 0.245 e. The summed E-state index contributed by atoms with van der Waals surface area (Å²) in [6.45, 7) is 4.21. The number of hydrogen-bond acceptors (Lipinski definition) is 4. The van der Waals surface area contributed by atoms with Gasteiger partial charge in [0.25, 0.3) is 0 Å². The van der Waals surface area contributed by atoms with Gasteiger partial charge in [-0.2, -0.15) is 5.10 Å². The SMILES string of the molecule is CCCCc1ccc(C(C)=NNc2nc(-c3ccccc3)cc(-c3ccccc3)n2)cc1. The van der Waals surface area contributed by atoms with Crippen molar-refractivity contribution in [2.75, 3.05) is 5.43 Å². The van der Waals surface area contributed by atoms with Gasteiger partial charge in [-0.1, -0.05) is 98.3 Å². The molecule has 0 aliphatic carbocycles. The third-order valence-electron chi connectivity index (χ3n) is 5.38. The molecule has 32 heavy (non-hydrogen) atoms. The summed E-state index contributed by atoms with van der Waals surface area (Å²) in [5.74, 6) is 0.476. The van der Waals surface area contributed by atoms with Crippen LogP contribution in [0, 0.1) is 0 Å². The molecule has 0 aliphatic heterocycles. The number of aryl methyl sites for hydroxylation is 1. The van der Waals surface area contributed by atoms with Crippen LogP contribution < -0.4 is 5.43 Å². The van der Waals surface area contributed by atoms with Gasteiger partial charge in [0, 0.05) is 11.1 Å². The molecule has 0 spiro atoms. The molecule has 0 saturated carbocycles. The lowest BCUT2D eigenvalue weighted by Crippen LogP contribution is -2.04.